The highest BCUT2D eigenvalue weighted by atomic mass is 32.1. The lowest BCUT2D eigenvalue weighted by Crippen LogP contribution is -2.41. The van der Waals surface area contributed by atoms with Gasteiger partial charge in [0.25, 0.3) is 11.8 Å². The Morgan fingerprint density at radius 1 is 1.00 bits per heavy atom. The van der Waals surface area contributed by atoms with Crippen molar-refractivity contribution >= 4 is 23.2 Å². The van der Waals surface area contributed by atoms with Crippen molar-refractivity contribution in [1.82, 2.24) is 20.8 Å². The van der Waals surface area contributed by atoms with Crippen molar-refractivity contribution in [3.05, 3.63) is 45.2 Å². The average Bonchev–Trinajstić information content (AvgIpc) is 2.95. The smallest absolute Gasteiger partial charge is 0.266 e. The van der Waals surface area contributed by atoms with Gasteiger partial charge in [-0.3, -0.25) is 25.4 Å². The minimum absolute atomic E-state index is 0.166. The van der Waals surface area contributed by atoms with Gasteiger partial charge in [0.2, 0.25) is 0 Å². The molecule has 6 nitrogen and oxygen atoms in total. The van der Waals surface area contributed by atoms with E-state index in [4.69, 9.17) is 0 Å². The molecular weight excluding hydrogens is 324 g/mol. The summed E-state index contributed by atoms with van der Waals surface area (Å²) in [6.45, 7) is 1.79. The second-order valence-electron chi connectivity index (χ2n) is 5.92. The van der Waals surface area contributed by atoms with Gasteiger partial charge in [-0.25, -0.2) is 4.98 Å². The third-order valence-electron chi connectivity index (χ3n) is 4.02. The Morgan fingerprint density at radius 3 is 2.50 bits per heavy atom. The van der Waals surface area contributed by atoms with Crippen LogP contribution in [0.4, 0.5) is 0 Å². The van der Waals surface area contributed by atoms with Gasteiger partial charge in [-0.15, -0.1) is 11.3 Å². The number of rotatable bonds is 2. The van der Waals surface area contributed by atoms with E-state index in [0.717, 1.165) is 18.5 Å². The zero-order valence-corrected chi connectivity index (χ0v) is 14.4. The Balaban J connectivity index is 1.61. The van der Waals surface area contributed by atoms with Gasteiger partial charge in [-0.05, 0) is 44.2 Å². The maximum atomic E-state index is 12.3. The molecule has 2 amide bonds. The Hall–Kier alpha value is -2.28. The lowest BCUT2D eigenvalue weighted by atomic mass is 10.00. The van der Waals surface area contributed by atoms with E-state index in [1.54, 1.807) is 6.92 Å². The molecule has 0 bridgehead atoms. The van der Waals surface area contributed by atoms with Crippen molar-refractivity contribution in [1.29, 1.82) is 0 Å². The summed E-state index contributed by atoms with van der Waals surface area (Å²) in [5.41, 5.74) is 7.02. The van der Waals surface area contributed by atoms with Crippen molar-refractivity contribution in [2.75, 3.05) is 0 Å². The van der Waals surface area contributed by atoms with Crippen molar-refractivity contribution in [3.63, 3.8) is 0 Å². The SMILES string of the molecule is Cc1cnc(C(=O)NNC(=O)c2cc3c(s2)CCCCCC3)cn1. The maximum absolute atomic E-state index is 12.3. The molecule has 2 N–H and O–H groups in total. The predicted octanol–water partition coefficient (Wildman–Crippen LogP) is 2.58. The summed E-state index contributed by atoms with van der Waals surface area (Å²) in [6.07, 6.45) is 9.83. The van der Waals surface area contributed by atoms with Crippen LogP contribution < -0.4 is 10.9 Å². The third kappa shape index (κ3) is 3.97. The third-order valence-corrected chi connectivity index (χ3v) is 5.26. The first-order valence-electron chi connectivity index (χ1n) is 8.14. The van der Waals surface area contributed by atoms with Crippen molar-refractivity contribution in [2.24, 2.45) is 0 Å². The van der Waals surface area contributed by atoms with E-state index >= 15 is 0 Å². The van der Waals surface area contributed by atoms with E-state index in [0.29, 0.717) is 4.88 Å². The van der Waals surface area contributed by atoms with E-state index in [-0.39, 0.29) is 11.6 Å². The highest BCUT2D eigenvalue weighted by Gasteiger charge is 2.17. The molecule has 0 spiro atoms. The zero-order chi connectivity index (χ0) is 16.9. The van der Waals surface area contributed by atoms with Crippen LogP contribution in [-0.4, -0.2) is 21.8 Å². The molecule has 2 aromatic rings. The van der Waals surface area contributed by atoms with Crippen LogP contribution in [0.5, 0.6) is 0 Å². The second kappa shape index (κ2) is 7.53. The Bertz CT molecular complexity index is 714. The number of thiophene rings is 1. The molecule has 3 rings (SSSR count). The molecule has 0 aromatic carbocycles. The minimum Gasteiger partial charge on any atom is -0.266 e. The van der Waals surface area contributed by atoms with Crippen LogP contribution in [-0.2, 0) is 12.8 Å². The van der Waals surface area contributed by atoms with Crippen molar-refractivity contribution in [2.45, 2.75) is 45.4 Å². The Morgan fingerprint density at radius 2 is 1.75 bits per heavy atom. The summed E-state index contributed by atoms with van der Waals surface area (Å²) in [5.74, 6) is -0.772. The van der Waals surface area contributed by atoms with Crippen LogP contribution in [0, 0.1) is 6.92 Å². The van der Waals surface area contributed by atoms with Gasteiger partial charge in [0.1, 0.15) is 5.69 Å². The predicted molar refractivity (Wildman–Crippen MR) is 91.9 cm³/mol. The molecule has 0 saturated carbocycles. The first-order valence-corrected chi connectivity index (χ1v) is 8.96. The van der Waals surface area contributed by atoms with Gasteiger partial charge in [-0.2, -0.15) is 0 Å². The number of aryl methyl sites for hydroxylation is 3. The van der Waals surface area contributed by atoms with Crippen LogP contribution in [0.2, 0.25) is 0 Å². The molecule has 0 atom stereocenters. The molecule has 1 aliphatic rings. The van der Waals surface area contributed by atoms with E-state index in [1.165, 1.54) is 59.9 Å². The standard InChI is InChI=1S/C17H20N4O2S/c1-11-9-19-13(10-18-11)16(22)20-21-17(23)15-8-12-6-4-2-3-5-7-14(12)24-15/h8-10H,2-7H2,1H3,(H,20,22)(H,21,23). The van der Waals surface area contributed by atoms with Crippen LogP contribution in [0.25, 0.3) is 0 Å². The summed E-state index contributed by atoms with van der Waals surface area (Å²) >= 11 is 1.52. The molecule has 2 aromatic heterocycles. The summed E-state index contributed by atoms with van der Waals surface area (Å²) in [6, 6.07) is 1.96. The quantitative estimate of drug-likeness (QED) is 0.820. The Labute approximate surface area is 144 Å². The average molecular weight is 344 g/mol. The van der Waals surface area contributed by atoms with Crippen LogP contribution in [0.3, 0.4) is 0 Å². The molecule has 0 saturated heterocycles. The zero-order valence-electron chi connectivity index (χ0n) is 13.6. The van der Waals surface area contributed by atoms with E-state index in [9.17, 15) is 9.59 Å². The fourth-order valence-electron chi connectivity index (χ4n) is 2.71. The number of nitrogens with zero attached hydrogens (tertiary/aromatic N) is 2. The topological polar surface area (TPSA) is 84.0 Å². The summed E-state index contributed by atoms with van der Waals surface area (Å²) < 4.78 is 0. The van der Waals surface area contributed by atoms with E-state index in [1.807, 2.05) is 6.07 Å². The van der Waals surface area contributed by atoms with E-state index in [2.05, 4.69) is 20.8 Å². The largest absolute Gasteiger partial charge is 0.289 e. The van der Waals surface area contributed by atoms with Gasteiger partial charge < -0.3 is 0 Å². The van der Waals surface area contributed by atoms with Gasteiger partial charge in [-0.1, -0.05) is 12.8 Å². The number of nitrogens with one attached hydrogen (secondary N) is 2. The Kier molecular flexibility index (Phi) is 5.20. The molecule has 0 aliphatic heterocycles. The van der Waals surface area contributed by atoms with Gasteiger partial charge in [0, 0.05) is 11.1 Å². The monoisotopic (exact) mass is 344 g/mol. The number of aromatic nitrogens is 2. The number of carbonyl (C=O) groups excluding carboxylic acids is 2. The molecule has 2 heterocycles. The highest BCUT2D eigenvalue weighted by molar-refractivity contribution is 7.14. The van der Waals surface area contributed by atoms with E-state index < -0.39 is 5.91 Å². The first kappa shape index (κ1) is 16.6. The normalized spacial score (nSPS) is 14.2. The van der Waals surface area contributed by atoms with Crippen LogP contribution >= 0.6 is 11.3 Å². The number of amides is 2. The van der Waals surface area contributed by atoms with Crippen LogP contribution in [0.1, 0.15) is 62.0 Å². The summed E-state index contributed by atoms with van der Waals surface area (Å²) in [7, 11) is 0. The molecule has 0 radical (unpaired) electrons. The number of carbonyl (C=O) groups is 2. The van der Waals surface area contributed by atoms with Crippen LogP contribution in [0.15, 0.2) is 18.5 Å². The molecular formula is C17H20N4O2S. The second-order valence-corrected chi connectivity index (χ2v) is 7.06. The molecule has 1 aliphatic carbocycles. The van der Waals surface area contributed by atoms with Crippen molar-refractivity contribution < 1.29 is 9.59 Å². The fourth-order valence-corrected chi connectivity index (χ4v) is 3.85. The number of hydrogen-bond acceptors (Lipinski definition) is 5. The lowest BCUT2D eigenvalue weighted by Gasteiger charge is -2.07. The lowest BCUT2D eigenvalue weighted by molar-refractivity contribution is 0.0846. The van der Waals surface area contributed by atoms with Crippen molar-refractivity contribution in [3.8, 4) is 0 Å². The number of fused-ring (bicyclic) bond motifs is 1. The maximum Gasteiger partial charge on any atom is 0.289 e. The van der Waals surface area contributed by atoms with Gasteiger partial charge in [0.05, 0.1) is 16.8 Å². The van der Waals surface area contributed by atoms with Gasteiger partial charge in [0.15, 0.2) is 0 Å². The minimum atomic E-state index is -0.481. The summed E-state index contributed by atoms with van der Waals surface area (Å²) in [4.78, 5) is 34.2. The molecule has 126 valence electrons. The molecule has 0 fully saturated rings. The fraction of sp³-hybridized carbons (Fsp3) is 0.412. The van der Waals surface area contributed by atoms with Gasteiger partial charge >= 0.3 is 0 Å². The summed E-state index contributed by atoms with van der Waals surface area (Å²) in [5, 5.41) is 0. The molecule has 0 unspecified atom stereocenters. The number of hydrogen-bond donors (Lipinski definition) is 2. The molecule has 7 heteroatoms. The number of hydrazine groups is 1. The first-order chi connectivity index (χ1) is 11.6. The highest BCUT2D eigenvalue weighted by Crippen LogP contribution is 2.28. The molecule has 24 heavy (non-hydrogen) atoms.